The predicted octanol–water partition coefficient (Wildman–Crippen LogP) is 2.01. The number of aromatic nitrogens is 1. The van der Waals surface area contributed by atoms with E-state index in [-0.39, 0.29) is 0 Å². The molecule has 0 saturated carbocycles. The predicted molar refractivity (Wildman–Crippen MR) is 94.9 cm³/mol. The van der Waals surface area contributed by atoms with Gasteiger partial charge in [-0.25, -0.2) is 4.98 Å². The van der Waals surface area contributed by atoms with Crippen LogP contribution >= 0.6 is 11.3 Å². The molecule has 0 spiro atoms. The van der Waals surface area contributed by atoms with Crippen molar-refractivity contribution in [1.82, 2.24) is 10.3 Å². The summed E-state index contributed by atoms with van der Waals surface area (Å²) >= 11 is 1.61. The first-order valence-electron chi connectivity index (χ1n) is 7.65. The van der Waals surface area contributed by atoms with Crippen LogP contribution in [0, 0.1) is 13.8 Å². The van der Waals surface area contributed by atoms with Gasteiger partial charge in [0.1, 0.15) is 0 Å². The number of nitrogens with one attached hydrogen (secondary N) is 2. The van der Waals surface area contributed by atoms with Crippen molar-refractivity contribution in [1.29, 1.82) is 0 Å². The Bertz CT molecular complexity index is 702. The molecule has 3 rings (SSSR count). The zero-order valence-electron chi connectivity index (χ0n) is 13.3. The first-order chi connectivity index (χ1) is 11.0. The third-order valence-electron chi connectivity index (χ3n) is 4.01. The maximum absolute atomic E-state index is 11.5. The van der Waals surface area contributed by atoms with Gasteiger partial charge in [-0.05, 0) is 32.0 Å². The van der Waals surface area contributed by atoms with Gasteiger partial charge in [0.25, 0.3) is 0 Å². The van der Waals surface area contributed by atoms with Crippen LogP contribution < -0.4 is 21.3 Å². The molecule has 2 heterocycles. The van der Waals surface area contributed by atoms with E-state index in [9.17, 15) is 4.79 Å². The van der Waals surface area contributed by atoms with Gasteiger partial charge in [0, 0.05) is 36.6 Å². The van der Waals surface area contributed by atoms with Crippen LogP contribution in [0.2, 0.25) is 0 Å². The van der Waals surface area contributed by atoms with Gasteiger partial charge < -0.3 is 21.3 Å². The van der Waals surface area contributed by atoms with Crippen LogP contribution in [0.3, 0.4) is 0 Å². The summed E-state index contributed by atoms with van der Waals surface area (Å²) in [6, 6.07) is 5.55. The van der Waals surface area contributed by atoms with Crippen LogP contribution in [0.25, 0.3) is 0 Å². The maximum Gasteiger partial charge on any atom is 0.248 e. The van der Waals surface area contributed by atoms with Crippen LogP contribution in [0.15, 0.2) is 18.2 Å². The van der Waals surface area contributed by atoms with Crippen molar-refractivity contribution >= 4 is 33.8 Å². The molecule has 0 atom stereocenters. The molecule has 122 valence electrons. The molecule has 1 aromatic heterocycles. The number of carbonyl (C=O) groups is 1. The third kappa shape index (κ3) is 3.46. The van der Waals surface area contributed by atoms with E-state index in [1.807, 2.05) is 19.1 Å². The molecule has 1 aliphatic heterocycles. The fourth-order valence-electron chi connectivity index (χ4n) is 2.61. The van der Waals surface area contributed by atoms with Gasteiger partial charge in [0.2, 0.25) is 5.91 Å². The second-order valence-corrected chi connectivity index (χ2v) is 6.82. The fraction of sp³-hybridized carbons (Fsp3) is 0.375. The first kappa shape index (κ1) is 15.8. The zero-order valence-corrected chi connectivity index (χ0v) is 14.2. The quantitative estimate of drug-likeness (QED) is 0.798. The summed E-state index contributed by atoms with van der Waals surface area (Å²) in [5.41, 5.74) is 8.89. The monoisotopic (exact) mass is 331 g/mol. The normalized spacial score (nSPS) is 14.8. The summed E-state index contributed by atoms with van der Waals surface area (Å²) in [7, 11) is 0. The largest absolute Gasteiger partial charge is 0.367 e. The number of nitrogens with zero attached hydrogens (tertiary/aromatic N) is 2. The Morgan fingerprint density at radius 3 is 2.70 bits per heavy atom. The Hall–Kier alpha value is -2.12. The van der Waals surface area contributed by atoms with Crippen molar-refractivity contribution in [3.63, 3.8) is 0 Å². The molecule has 1 aromatic carbocycles. The van der Waals surface area contributed by atoms with Crippen molar-refractivity contribution in [3.05, 3.63) is 34.3 Å². The highest BCUT2D eigenvalue weighted by Gasteiger charge is 2.17. The number of nitrogens with two attached hydrogens (primary N) is 1. The average molecular weight is 331 g/mol. The van der Waals surface area contributed by atoms with Crippen LogP contribution in [0.4, 0.5) is 16.5 Å². The Labute approximate surface area is 139 Å². The summed E-state index contributed by atoms with van der Waals surface area (Å²) < 4.78 is 0. The van der Waals surface area contributed by atoms with Crippen molar-refractivity contribution in [2.75, 3.05) is 36.4 Å². The molecule has 23 heavy (non-hydrogen) atoms. The summed E-state index contributed by atoms with van der Waals surface area (Å²) in [5, 5.41) is 7.54. The minimum absolute atomic E-state index is 0.425. The van der Waals surface area contributed by atoms with E-state index >= 15 is 0 Å². The number of aryl methyl sites for hydroxylation is 2. The number of benzene rings is 1. The lowest BCUT2D eigenvalue weighted by Crippen LogP contribution is -2.43. The number of primary amides is 1. The lowest BCUT2D eigenvalue weighted by Gasteiger charge is -2.31. The summed E-state index contributed by atoms with van der Waals surface area (Å²) in [6.07, 6.45) is 0. The van der Waals surface area contributed by atoms with Crippen molar-refractivity contribution in [2.24, 2.45) is 5.73 Å². The van der Waals surface area contributed by atoms with Gasteiger partial charge in [-0.15, -0.1) is 11.3 Å². The van der Waals surface area contributed by atoms with Gasteiger partial charge in [0.15, 0.2) is 5.13 Å². The third-order valence-corrected chi connectivity index (χ3v) is 5.00. The van der Waals surface area contributed by atoms with Crippen molar-refractivity contribution in [2.45, 2.75) is 13.8 Å². The number of thiazole rings is 1. The van der Waals surface area contributed by atoms with Gasteiger partial charge in [-0.1, -0.05) is 0 Å². The van der Waals surface area contributed by atoms with E-state index in [0.29, 0.717) is 5.56 Å². The zero-order chi connectivity index (χ0) is 16.4. The summed E-state index contributed by atoms with van der Waals surface area (Å²) in [5.74, 6) is -0.425. The Balaban J connectivity index is 1.96. The first-order valence-corrected chi connectivity index (χ1v) is 8.47. The molecule has 0 unspecified atom stereocenters. The molecule has 4 N–H and O–H groups in total. The number of anilines is 3. The van der Waals surface area contributed by atoms with Gasteiger partial charge in [0.05, 0.1) is 17.1 Å². The molecule has 1 saturated heterocycles. The van der Waals surface area contributed by atoms with Gasteiger partial charge in [-0.3, -0.25) is 4.79 Å². The molecule has 2 aromatic rings. The smallest absolute Gasteiger partial charge is 0.248 e. The second-order valence-electron chi connectivity index (χ2n) is 5.62. The molecule has 0 radical (unpaired) electrons. The summed E-state index contributed by atoms with van der Waals surface area (Å²) in [4.78, 5) is 19.5. The topological polar surface area (TPSA) is 83.3 Å². The highest BCUT2D eigenvalue weighted by Crippen LogP contribution is 2.32. The molecule has 1 aliphatic rings. The summed E-state index contributed by atoms with van der Waals surface area (Å²) in [6.45, 7) is 7.81. The molecule has 0 aliphatic carbocycles. The molecule has 7 heteroatoms. The molecule has 1 fully saturated rings. The van der Waals surface area contributed by atoms with Crippen LogP contribution in [-0.2, 0) is 0 Å². The number of rotatable bonds is 4. The number of hydrogen-bond acceptors (Lipinski definition) is 6. The molecule has 1 amide bonds. The van der Waals surface area contributed by atoms with E-state index in [1.54, 1.807) is 17.4 Å². The van der Waals surface area contributed by atoms with E-state index in [2.05, 4.69) is 27.4 Å². The van der Waals surface area contributed by atoms with Gasteiger partial charge >= 0.3 is 0 Å². The molecular formula is C16H21N5OS. The standard InChI is InChI=1S/C16H21N5OS/c1-10-11(2)23-16(19-10)20-13-9-12(15(17)22)3-4-14(13)21-7-5-18-6-8-21/h3-4,9,18H,5-8H2,1-2H3,(H2,17,22)(H,19,20). The minimum Gasteiger partial charge on any atom is -0.367 e. The Morgan fingerprint density at radius 2 is 2.09 bits per heavy atom. The molecular weight excluding hydrogens is 310 g/mol. The van der Waals surface area contributed by atoms with Crippen molar-refractivity contribution in [3.8, 4) is 0 Å². The lowest BCUT2D eigenvalue weighted by atomic mass is 10.1. The number of hydrogen-bond donors (Lipinski definition) is 3. The van der Waals surface area contributed by atoms with E-state index in [0.717, 1.165) is 48.4 Å². The Kier molecular flexibility index (Phi) is 4.49. The van der Waals surface area contributed by atoms with Crippen molar-refractivity contribution < 1.29 is 4.79 Å². The van der Waals surface area contributed by atoms with Crippen LogP contribution in [0.5, 0.6) is 0 Å². The number of piperazine rings is 1. The number of carbonyl (C=O) groups excluding carboxylic acids is 1. The van der Waals surface area contributed by atoms with Gasteiger partial charge in [-0.2, -0.15) is 0 Å². The second kappa shape index (κ2) is 6.55. The van der Waals surface area contributed by atoms with E-state index < -0.39 is 5.91 Å². The maximum atomic E-state index is 11.5. The average Bonchev–Trinajstić information content (AvgIpc) is 2.86. The van der Waals surface area contributed by atoms with E-state index in [1.165, 1.54) is 4.88 Å². The minimum atomic E-state index is -0.425. The van der Waals surface area contributed by atoms with Crippen LogP contribution in [0.1, 0.15) is 20.9 Å². The lowest BCUT2D eigenvalue weighted by molar-refractivity contribution is 0.100. The number of amides is 1. The SMILES string of the molecule is Cc1nc(Nc2cc(C(N)=O)ccc2N2CCNCC2)sc1C. The molecule has 6 nitrogen and oxygen atoms in total. The van der Waals surface area contributed by atoms with Crippen LogP contribution in [-0.4, -0.2) is 37.1 Å². The van der Waals surface area contributed by atoms with E-state index in [4.69, 9.17) is 5.73 Å². The fourth-order valence-corrected chi connectivity index (χ4v) is 3.44. The highest BCUT2D eigenvalue weighted by molar-refractivity contribution is 7.15. The Morgan fingerprint density at radius 1 is 1.35 bits per heavy atom. The highest BCUT2D eigenvalue weighted by atomic mass is 32.1. The molecule has 0 bridgehead atoms.